The van der Waals surface area contributed by atoms with Crippen molar-refractivity contribution in [3.63, 3.8) is 0 Å². The Balaban J connectivity index is 1.43. The van der Waals surface area contributed by atoms with Crippen molar-refractivity contribution in [2.24, 2.45) is 0 Å². The van der Waals surface area contributed by atoms with Crippen LogP contribution >= 0.6 is 0 Å². The normalized spacial score (nSPS) is 11.1. The summed E-state index contributed by atoms with van der Waals surface area (Å²) in [4.78, 5) is 7.02. The predicted molar refractivity (Wildman–Crippen MR) is 184 cm³/mol. The molecule has 0 aliphatic carbocycles. The standard InChI is InChI=1S/C40H37N3/c1-40(2,3)43(36-23-14-7-15-24-36)37-29-27-35(28-30-37)42(34-21-12-6-13-22-34)39-26-16-25-38(31-39)41(32-17-8-4-9-18-32)33-19-10-5-11-20-33/h4-31H,1-3H3. The van der Waals surface area contributed by atoms with Gasteiger partial charge in [0.15, 0.2) is 0 Å². The van der Waals surface area contributed by atoms with Crippen molar-refractivity contribution in [3.8, 4) is 0 Å². The highest BCUT2D eigenvalue weighted by molar-refractivity contribution is 5.83. The first-order valence-electron chi connectivity index (χ1n) is 14.8. The molecule has 0 aromatic heterocycles. The van der Waals surface area contributed by atoms with Crippen LogP contribution in [0.4, 0.5) is 45.5 Å². The summed E-state index contributed by atoms with van der Waals surface area (Å²) in [5, 5.41) is 0. The molecule has 3 nitrogen and oxygen atoms in total. The van der Waals surface area contributed by atoms with E-state index in [0.717, 1.165) is 39.8 Å². The largest absolute Gasteiger partial charge is 0.336 e. The van der Waals surface area contributed by atoms with Crippen molar-refractivity contribution in [1.29, 1.82) is 0 Å². The molecule has 3 heteroatoms. The van der Waals surface area contributed by atoms with Crippen molar-refractivity contribution >= 4 is 45.5 Å². The fourth-order valence-electron chi connectivity index (χ4n) is 5.65. The van der Waals surface area contributed by atoms with Crippen LogP contribution in [0.1, 0.15) is 20.8 Å². The van der Waals surface area contributed by atoms with Crippen LogP contribution in [0, 0.1) is 0 Å². The van der Waals surface area contributed by atoms with E-state index in [1.807, 2.05) is 0 Å². The van der Waals surface area contributed by atoms with Gasteiger partial charge in [0.2, 0.25) is 0 Å². The summed E-state index contributed by atoms with van der Waals surface area (Å²) < 4.78 is 0. The molecule has 0 atom stereocenters. The lowest BCUT2D eigenvalue weighted by atomic mass is 10.0. The monoisotopic (exact) mass is 559 g/mol. The number of anilines is 8. The second-order valence-corrected chi connectivity index (χ2v) is 11.6. The molecule has 0 heterocycles. The summed E-state index contributed by atoms with van der Waals surface area (Å²) in [5.74, 6) is 0. The van der Waals surface area contributed by atoms with Crippen LogP contribution in [0.3, 0.4) is 0 Å². The quantitative estimate of drug-likeness (QED) is 0.184. The van der Waals surface area contributed by atoms with Gasteiger partial charge in [-0.1, -0.05) is 78.9 Å². The van der Waals surface area contributed by atoms with Crippen molar-refractivity contribution in [2.45, 2.75) is 26.3 Å². The molecular weight excluding hydrogens is 522 g/mol. The van der Waals surface area contributed by atoms with Gasteiger partial charge in [0.05, 0.1) is 0 Å². The molecule has 43 heavy (non-hydrogen) atoms. The number of para-hydroxylation sites is 4. The highest BCUT2D eigenvalue weighted by Crippen LogP contribution is 2.41. The molecule has 0 N–H and O–H groups in total. The minimum Gasteiger partial charge on any atom is -0.336 e. The van der Waals surface area contributed by atoms with Gasteiger partial charge in [0, 0.05) is 51.0 Å². The van der Waals surface area contributed by atoms with E-state index < -0.39 is 0 Å². The van der Waals surface area contributed by atoms with Gasteiger partial charge in [-0.15, -0.1) is 0 Å². The molecular formula is C40H37N3. The summed E-state index contributed by atoms with van der Waals surface area (Å²) in [6.07, 6.45) is 0. The van der Waals surface area contributed by atoms with E-state index in [0.29, 0.717) is 0 Å². The lowest BCUT2D eigenvalue weighted by molar-refractivity contribution is 0.560. The Kier molecular flexibility index (Phi) is 7.97. The number of hydrogen-bond acceptors (Lipinski definition) is 3. The predicted octanol–water partition coefficient (Wildman–Crippen LogP) is 11.6. The van der Waals surface area contributed by atoms with Crippen LogP contribution in [-0.2, 0) is 0 Å². The Labute approximate surface area is 255 Å². The van der Waals surface area contributed by atoms with E-state index in [-0.39, 0.29) is 5.54 Å². The Morgan fingerprint density at radius 3 is 0.953 bits per heavy atom. The van der Waals surface area contributed by atoms with Crippen LogP contribution in [0.5, 0.6) is 0 Å². The molecule has 0 unspecified atom stereocenters. The SMILES string of the molecule is CC(C)(C)N(c1ccccc1)c1ccc(N(c2ccccc2)c2cccc(N(c3ccccc3)c3ccccc3)c2)cc1. The van der Waals surface area contributed by atoms with Crippen LogP contribution in [-0.4, -0.2) is 5.54 Å². The second-order valence-electron chi connectivity index (χ2n) is 11.6. The molecule has 0 amide bonds. The first-order valence-corrected chi connectivity index (χ1v) is 14.8. The molecule has 0 radical (unpaired) electrons. The first-order chi connectivity index (χ1) is 21.0. The topological polar surface area (TPSA) is 9.72 Å². The second kappa shape index (κ2) is 12.3. The van der Waals surface area contributed by atoms with Crippen LogP contribution in [0.15, 0.2) is 170 Å². The third-order valence-electron chi connectivity index (χ3n) is 7.44. The number of rotatable bonds is 8. The molecule has 0 spiro atoms. The Morgan fingerprint density at radius 2 is 0.581 bits per heavy atom. The maximum absolute atomic E-state index is 2.39. The molecule has 6 rings (SSSR count). The third kappa shape index (κ3) is 6.17. The average Bonchev–Trinajstić information content (AvgIpc) is 3.04. The van der Waals surface area contributed by atoms with E-state index >= 15 is 0 Å². The summed E-state index contributed by atoms with van der Waals surface area (Å²) in [6.45, 7) is 6.75. The molecule has 212 valence electrons. The van der Waals surface area contributed by atoms with Crippen LogP contribution < -0.4 is 14.7 Å². The van der Waals surface area contributed by atoms with Gasteiger partial charge in [-0.3, -0.25) is 0 Å². The average molecular weight is 560 g/mol. The molecule has 0 aliphatic rings. The van der Waals surface area contributed by atoms with Gasteiger partial charge in [-0.25, -0.2) is 0 Å². The number of benzene rings is 6. The molecule has 0 aliphatic heterocycles. The van der Waals surface area contributed by atoms with Gasteiger partial charge < -0.3 is 14.7 Å². The van der Waals surface area contributed by atoms with Gasteiger partial charge >= 0.3 is 0 Å². The number of hydrogen-bond donors (Lipinski definition) is 0. The zero-order chi connectivity index (χ0) is 29.6. The number of nitrogens with zero attached hydrogens (tertiary/aromatic N) is 3. The van der Waals surface area contributed by atoms with Gasteiger partial charge in [0.25, 0.3) is 0 Å². The Morgan fingerprint density at radius 1 is 0.302 bits per heavy atom. The maximum Gasteiger partial charge on any atom is 0.0482 e. The Hall–Kier alpha value is -5.28. The summed E-state index contributed by atoms with van der Waals surface area (Å²) in [6, 6.07) is 60.0. The van der Waals surface area contributed by atoms with Crippen molar-refractivity contribution < 1.29 is 0 Å². The molecule has 0 saturated heterocycles. The zero-order valence-electron chi connectivity index (χ0n) is 25.0. The molecule has 0 fully saturated rings. The molecule has 0 bridgehead atoms. The lowest BCUT2D eigenvalue weighted by Gasteiger charge is -2.38. The highest BCUT2D eigenvalue weighted by Gasteiger charge is 2.24. The van der Waals surface area contributed by atoms with E-state index in [1.165, 1.54) is 5.69 Å². The minimum absolute atomic E-state index is 0.0886. The van der Waals surface area contributed by atoms with Gasteiger partial charge in [-0.2, -0.15) is 0 Å². The molecule has 6 aromatic carbocycles. The van der Waals surface area contributed by atoms with Crippen LogP contribution in [0.25, 0.3) is 0 Å². The van der Waals surface area contributed by atoms with Crippen molar-refractivity contribution in [2.75, 3.05) is 14.7 Å². The Bertz CT molecular complexity index is 1690. The van der Waals surface area contributed by atoms with E-state index in [4.69, 9.17) is 0 Å². The zero-order valence-corrected chi connectivity index (χ0v) is 25.0. The lowest BCUT2D eigenvalue weighted by Crippen LogP contribution is -2.37. The highest BCUT2D eigenvalue weighted by atomic mass is 15.2. The fourth-order valence-corrected chi connectivity index (χ4v) is 5.65. The maximum atomic E-state index is 2.39. The third-order valence-corrected chi connectivity index (χ3v) is 7.44. The summed E-state index contributed by atoms with van der Waals surface area (Å²) in [7, 11) is 0. The molecule has 0 saturated carbocycles. The van der Waals surface area contributed by atoms with Crippen LogP contribution in [0.2, 0.25) is 0 Å². The van der Waals surface area contributed by atoms with Gasteiger partial charge in [-0.05, 0) is 112 Å². The van der Waals surface area contributed by atoms with Crippen molar-refractivity contribution in [3.05, 3.63) is 170 Å². The minimum atomic E-state index is -0.0886. The molecule has 6 aromatic rings. The van der Waals surface area contributed by atoms with E-state index in [9.17, 15) is 0 Å². The van der Waals surface area contributed by atoms with E-state index in [1.54, 1.807) is 0 Å². The van der Waals surface area contributed by atoms with E-state index in [2.05, 4.69) is 205 Å². The smallest absolute Gasteiger partial charge is 0.0482 e. The first kappa shape index (κ1) is 27.9. The van der Waals surface area contributed by atoms with Crippen molar-refractivity contribution in [1.82, 2.24) is 0 Å². The summed E-state index contributed by atoms with van der Waals surface area (Å²) >= 11 is 0. The fraction of sp³-hybridized carbons (Fsp3) is 0.100. The van der Waals surface area contributed by atoms with Gasteiger partial charge in [0.1, 0.15) is 0 Å². The summed E-state index contributed by atoms with van der Waals surface area (Å²) in [5.41, 5.74) is 8.86.